The molecule has 2 amide bonds. The van der Waals surface area contributed by atoms with Gasteiger partial charge in [-0.3, -0.25) is 9.59 Å². The zero-order chi connectivity index (χ0) is 16.6. The highest BCUT2D eigenvalue weighted by atomic mass is 32.2. The summed E-state index contributed by atoms with van der Waals surface area (Å²) >= 11 is 0. The standard InChI is InChI=1S/C13H18N4O4S/c1-10(2)16-17-13(19)8-14-12(18)9-15-22(20,21)11-6-4-3-5-7-11/h3-7,15H,8-9H2,1-2H3,(H,14,18)(H,17,19). The molecular formula is C13H18N4O4S. The van der Waals surface area contributed by atoms with Crippen molar-refractivity contribution in [3.63, 3.8) is 0 Å². The van der Waals surface area contributed by atoms with E-state index in [2.05, 4.69) is 20.6 Å². The smallest absolute Gasteiger partial charge is 0.259 e. The molecule has 1 aromatic carbocycles. The number of nitrogens with one attached hydrogen (secondary N) is 3. The molecule has 0 heterocycles. The Morgan fingerprint density at radius 3 is 2.27 bits per heavy atom. The Morgan fingerprint density at radius 2 is 1.68 bits per heavy atom. The molecule has 0 radical (unpaired) electrons. The maximum atomic E-state index is 11.9. The maximum absolute atomic E-state index is 11.9. The molecule has 8 nitrogen and oxygen atoms in total. The number of benzene rings is 1. The van der Waals surface area contributed by atoms with E-state index < -0.39 is 28.4 Å². The zero-order valence-corrected chi connectivity index (χ0v) is 13.1. The summed E-state index contributed by atoms with van der Waals surface area (Å²) in [6, 6.07) is 7.67. The van der Waals surface area contributed by atoms with Crippen LogP contribution in [0.4, 0.5) is 0 Å². The summed E-state index contributed by atoms with van der Waals surface area (Å²) in [5, 5.41) is 5.96. The molecule has 0 saturated heterocycles. The molecule has 0 aliphatic rings. The van der Waals surface area contributed by atoms with E-state index in [1.807, 2.05) is 0 Å². The molecule has 3 N–H and O–H groups in total. The first-order chi connectivity index (χ1) is 10.3. The molecule has 0 atom stereocenters. The fourth-order valence-corrected chi connectivity index (χ4v) is 2.30. The fourth-order valence-electron chi connectivity index (χ4n) is 1.30. The molecule has 0 fully saturated rings. The van der Waals surface area contributed by atoms with Crippen LogP contribution in [0.3, 0.4) is 0 Å². The van der Waals surface area contributed by atoms with Crippen molar-refractivity contribution in [2.24, 2.45) is 5.10 Å². The van der Waals surface area contributed by atoms with Gasteiger partial charge in [0, 0.05) is 5.71 Å². The second-order valence-corrected chi connectivity index (χ2v) is 6.28. The molecule has 1 rings (SSSR count). The van der Waals surface area contributed by atoms with Gasteiger partial charge in [0.2, 0.25) is 15.9 Å². The molecule has 1 aromatic rings. The lowest BCUT2D eigenvalue weighted by atomic mass is 10.4. The van der Waals surface area contributed by atoms with Crippen LogP contribution in [0.5, 0.6) is 0 Å². The van der Waals surface area contributed by atoms with Crippen LogP contribution in [-0.4, -0.2) is 39.0 Å². The minimum absolute atomic E-state index is 0.0632. The molecular weight excluding hydrogens is 308 g/mol. The van der Waals surface area contributed by atoms with Gasteiger partial charge in [-0.25, -0.2) is 18.6 Å². The summed E-state index contributed by atoms with van der Waals surface area (Å²) < 4.78 is 25.9. The van der Waals surface area contributed by atoms with Gasteiger partial charge in [-0.2, -0.15) is 5.10 Å². The average Bonchev–Trinajstić information content (AvgIpc) is 2.49. The maximum Gasteiger partial charge on any atom is 0.259 e. The molecule has 0 bridgehead atoms. The number of hydrogen-bond donors (Lipinski definition) is 3. The van der Waals surface area contributed by atoms with Crippen molar-refractivity contribution >= 4 is 27.5 Å². The monoisotopic (exact) mass is 326 g/mol. The van der Waals surface area contributed by atoms with Crippen LogP contribution in [0.25, 0.3) is 0 Å². The number of nitrogens with zero attached hydrogens (tertiary/aromatic N) is 1. The Hall–Kier alpha value is -2.26. The lowest BCUT2D eigenvalue weighted by Gasteiger charge is -2.07. The summed E-state index contributed by atoms with van der Waals surface area (Å²) in [5.74, 6) is -1.12. The Kier molecular flexibility index (Phi) is 6.67. The van der Waals surface area contributed by atoms with Gasteiger partial charge in [0.15, 0.2) is 0 Å². The highest BCUT2D eigenvalue weighted by Crippen LogP contribution is 2.06. The molecule has 0 aliphatic heterocycles. The van der Waals surface area contributed by atoms with Gasteiger partial charge in [-0.05, 0) is 26.0 Å². The van der Waals surface area contributed by atoms with E-state index in [0.29, 0.717) is 5.71 Å². The minimum atomic E-state index is -3.75. The van der Waals surface area contributed by atoms with Crippen LogP contribution < -0.4 is 15.5 Å². The predicted octanol–water partition coefficient (Wildman–Crippen LogP) is -0.407. The average molecular weight is 326 g/mol. The Bertz CT molecular complexity index is 652. The third kappa shape index (κ3) is 6.46. The Labute approximate surface area is 129 Å². The molecule has 120 valence electrons. The summed E-state index contributed by atoms with van der Waals surface area (Å²) in [7, 11) is -3.75. The number of amides is 2. The van der Waals surface area contributed by atoms with E-state index in [1.165, 1.54) is 12.1 Å². The van der Waals surface area contributed by atoms with Crippen LogP contribution in [-0.2, 0) is 19.6 Å². The van der Waals surface area contributed by atoms with Gasteiger partial charge < -0.3 is 5.32 Å². The third-order valence-electron chi connectivity index (χ3n) is 2.33. The highest BCUT2D eigenvalue weighted by molar-refractivity contribution is 7.89. The van der Waals surface area contributed by atoms with Gasteiger partial charge in [-0.15, -0.1) is 0 Å². The number of rotatable bonds is 7. The van der Waals surface area contributed by atoms with Crippen LogP contribution >= 0.6 is 0 Å². The van der Waals surface area contributed by atoms with Crippen molar-refractivity contribution in [2.75, 3.05) is 13.1 Å². The first-order valence-electron chi connectivity index (χ1n) is 6.42. The van der Waals surface area contributed by atoms with E-state index in [9.17, 15) is 18.0 Å². The summed E-state index contributed by atoms with van der Waals surface area (Å²) in [6.45, 7) is 2.66. The normalized spacial score (nSPS) is 10.6. The molecule has 0 spiro atoms. The lowest BCUT2D eigenvalue weighted by Crippen LogP contribution is -2.41. The largest absolute Gasteiger partial charge is 0.346 e. The topological polar surface area (TPSA) is 117 Å². The first-order valence-corrected chi connectivity index (χ1v) is 7.91. The second kappa shape index (κ2) is 8.25. The van der Waals surface area contributed by atoms with Gasteiger partial charge in [-0.1, -0.05) is 18.2 Å². The third-order valence-corrected chi connectivity index (χ3v) is 3.74. The zero-order valence-electron chi connectivity index (χ0n) is 12.3. The quantitative estimate of drug-likeness (QED) is 0.466. The molecule has 0 aromatic heterocycles. The number of hydrogen-bond acceptors (Lipinski definition) is 5. The first kappa shape index (κ1) is 17.8. The van der Waals surface area contributed by atoms with E-state index in [1.54, 1.807) is 32.0 Å². The van der Waals surface area contributed by atoms with E-state index in [4.69, 9.17) is 0 Å². The van der Waals surface area contributed by atoms with Crippen LogP contribution in [0.15, 0.2) is 40.3 Å². The number of carbonyl (C=O) groups excluding carboxylic acids is 2. The molecule has 9 heteroatoms. The lowest BCUT2D eigenvalue weighted by molar-refractivity contribution is -0.125. The molecule has 0 unspecified atom stereocenters. The summed E-state index contributed by atoms with van der Waals surface area (Å²) in [6.07, 6.45) is 0. The van der Waals surface area contributed by atoms with Crippen molar-refractivity contribution in [3.8, 4) is 0 Å². The SMILES string of the molecule is CC(C)=NNC(=O)CNC(=O)CNS(=O)(=O)c1ccccc1. The van der Waals surface area contributed by atoms with Crippen LogP contribution in [0.1, 0.15) is 13.8 Å². The second-order valence-electron chi connectivity index (χ2n) is 4.51. The molecule has 22 heavy (non-hydrogen) atoms. The van der Waals surface area contributed by atoms with Crippen LogP contribution in [0.2, 0.25) is 0 Å². The van der Waals surface area contributed by atoms with Crippen molar-refractivity contribution in [2.45, 2.75) is 18.7 Å². The van der Waals surface area contributed by atoms with Gasteiger partial charge in [0.1, 0.15) is 0 Å². The molecule has 0 aliphatic carbocycles. The highest BCUT2D eigenvalue weighted by Gasteiger charge is 2.15. The van der Waals surface area contributed by atoms with Gasteiger partial charge >= 0.3 is 0 Å². The summed E-state index contributed by atoms with van der Waals surface area (Å²) in [4.78, 5) is 22.9. The number of carbonyl (C=O) groups is 2. The Balaban J connectivity index is 2.40. The van der Waals surface area contributed by atoms with E-state index in [0.717, 1.165) is 0 Å². The van der Waals surface area contributed by atoms with E-state index >= 15 is 0 Å². The number of hydrazone groups is 1. The van der Waals surface area contributed by atoms with Crippen molar-refractivity contribution in [1.29, 1.82) is 0 Å². The van der Waals surface area contributed by atoms with Crippen molar-refractivity contribution < 1.29 is 18.0 Å². The minimum Gasteiger partial charge on any atom is -0.346 e. The van der Waals surface area contributed by atoms with E-state index in [-0.39, 0.29) is 11.4 Å². The summed E-state index contributed by atoms with van der Waals surface area (Å²) in [5.41, 5.74) is 2.89. The van der Waals surface area contributed by atoms with Crippen molar-refractivity contribution in [3.05, 3.63) is 30.3 Å². The predicted molar refractivity (Wildman–Crippen MR) is 81.6 cm³/mol. The van der Waals surface area contributed by atoms with Gasteiger partial charge in [0.25, 0.3) is 5.91 Å². The van der Waals surface area contributed by atoms with Gasteiger partial charge in [0.05, 0.1) is 18.0 Å². The molecule has 0 saturated carbocycles. The Morgan fingerprint density at radius 1 is 1.05 bits per heavy atom. The fraction of sp³-hybridized carbons (Fsp3) is 0.308. The van der Waals surface area contributed by atoms with Crippen LogP contribution in [0, 0.1) is 0 Å². The number of sulfonamides is 1. The van der Waals surface area contributed by atoms with Crippen molar-refractivity contribution in [1.82, 2.24) is 15.5 Å².